The fourth-order valence-corrected chi connectivity index (χ4v) is 3.27. The van der Waals surface area contributed by atoms with Crippen molar-refractivity contribution < 1.29 is 33.8 Å². The van der Waals surface area contributed by atoms with Crippen molar-refractivity contribution in [3.05, 3.63) is 47.6 Å². The van der Waals surface area contributed by atoms with E-state index in [1.54, 1.807) is 45.0 Å². The SMILES string of the molecule is C=C(NC(=O)C(CO)NC(=O)c1csc(-c2ccc(NC(=O)OC(C)(C)C)cc2)n1)C(=O)OC.CC. The van der Waals surface area contributed by atoms with Gasteiger partial charge in [-0.2, -0.15) is 0 Å². The van der Waals surface area contributed by atoms with Crippen molar-refractivity contribution in [1.82, 2.24) is 15.6 Å². The molecule has 2 aromatic rings. The van der Waals surface area contributed by atoms with Crippen LogP contribution < -0.4 is 16.0 Å². The molecule has 0 spiro atoms. The maximum absolute atomic E-state index is 12.5. The number of methoxy groups -OCH3 is 1. The average molecular weight is 521 g/mol. The number of hydrogen-bond acceptors (Lipinski definition) is 9. The van der Waals surface area contributed by atoms with Gasteiger partial charge in [0.25, 0.3) is 5.91 Å². The average Bonchev–Trinajstić information content (AvgIpc) is 3.32. The van der Waals surface area contributed by atoms with Crippen LogP contribution in [0.5, 0.6) is 0 Å². The minimum Gasteiger partial charge on any atom is -0.464 e. The summed E-state index contributed by atoms with van der Waals surface area (Å²) >= 11 is 1.20. The summed E-state index contributed by atoms with van der Waals surface area (Å²) < 4.78 is 9.63. The number of hydrogen-bond donors (Lipinski definition) is 4. The van der Waals surface area contributed by atoms with Crippen molar-refractivity contribution in [2.75, 3.05) is 19.0 Å². The number of nitrogens with zero attached hydrogens (tertiary/aromatic N) is 1. The maximum atomic E-state index is 12.5. The molecule has 1 aromatic carbocycles. The van der Waals surface area contributed by atoms with Crippen molar-refractivity contribution in [3.63, 3.8) is 0 Å². The van der Waals surface area contributed by atoms with E-state index in [1.165, 1.54) is 16.7 Å². The van der Waals surface area contributed by atoms with Crippen LogP contribution in [0.3, 0.4) is 0 Å². The highest BCUT2D eigenvalue weighted by molar-refractivity contribution is 7.13. The van der Waals surface area contributed by atoms with E-state index in [0.29, 0.717) is 16.3 Å². The fourth-order valence-electron chi connectivity index (χ4n) is 2.46. The Morgan fingerprint density at radius 3 is 2.28 bits per heavy atom. The van der Waals surface area contributed by atoms with Crippen molar-refractivity contribution in [1.29, 1.82) is 0 Å². The third-order valence-electron chi connectivity index (χ3n) is 4.02. The van der Waals surface area contributed by atoms with Crippen LogP contribution in [0.2, 0.25) is 0 Å². The Kier molecular flexibility index (Phi) is 11.7. The van der Waals surface area contributed by atoms with Crippen LogP contribution in [-0.2, 0) is 19.1 Å². The first-order valence-corrected chi connectivity index (χ1v) is 11.9. The van der Waals surface area contributed by atoms with Crippen molar-refractivity contribution in [3.8, 4) is 10.6 Å². The van der Waals surface area contributed by atoms with Gasteiger partial charge in [-0.15, -0.1) is 11.3 Å². The quantitative estimate of drug-likeness (QED) is 0.306. The molecule has 0 bridgehead atoms. The molecule has 0 aliphatic heterocycles. The molecule has 196 valence electrons. The van der Waals surface area contributed by atoms with Gasteiger partial charge in [0.1, 0.15) is 28.0 Å². The number of thiazole rings is 1. The molecular formula is C24H32N4O7S. The Morgan fingerprint density at radius 2 is 1.75 bits per heavy atom. The maximum Gasteiger partial charge on any atom is 0.412 e. The molecular weight excluding hydrogens is 488 g/mol. The third-order valence-corrected chi connectivity index (χ3v) is 4.92. The topological polar surface area (TPSA) is 156 Å². The molecule has 3 amide bonds. The minimum absolute atomic E-state index is 0.0361. The highest BCUT2D eigenvalue weighted by Gasteiger charge is 2.24. The van der Waals surface area contributed by atoms with E-state index in [9.17, 15) is 24.3 Å². The second kappa shape index (κ2) is 14.0. The van der Waals surface area contributed by atoms with E-state index in [0.717, 1.165) is 7.11 Å². The first-order chi connectivity index (χ1) is 16.9. The number of carbonyl (C=O) groups is 4. The number of benzene rings is 1. The predicted octanol–water partition coefficient (Wildman–Crippen LogP) is 3.08. The molecule has 1 atom stereocenters. The number of esters is 1. The van der Waals surface area contributed by atoms with Gasteiger partial charge < -0.3 is 25.2 Å². The number of ether oxygens (including phenoxy) is 2. The van der Waals surface area contributed by atoms with Crippen molar-refractivity contribution in [2.45, 2.75) is 46.3 Å². The summed E-state index contributed by atoms with van der Waals surface area (Å²) in [6.45, 7) is 11.9. The van der Waals surface area contributed by atoms with Crippen LogP contribution in [0.25, 0.3) is 10.6 Å². The van der Waals surface area contributed by atoms with E-state index in [-0.39, 0.29) is 11.4 Å². The molecule has 0 aliphatic carbocycles. The van der Waals surface area contributed by atoms with Gasteiger partial charge in [-0.25, -0.2) is 14.6 Å². The van der Waals surface area contributed by atoms with Gasteiger partial charge in [0.2, 0.25) is 5.91 Å². The van der Waals surface area contributed by atoms with E-state index in [1.807, 2.05) is 13.8 Å². The summed E-state index contributed by atoms with van der Waals surface area (Å²) in [5.74, 6) is -2.38. The van der Waals surface area contributed by atoms with Crippen molar-refractivity contribution in [2.24, 2.45) is 0 Å². The molecule has 12 heteroatoms. The Balaban J connectivity index is 0.00000316. The first kappa shape index (κ1) is 30.3. The lowest BCUT2D eigenvalue weighted by Gasteiger charge is -2.19. The molecule has 0 radical (unpaired) electrons. The summed E-state index contributed by atoms with van der Waals surface area (Å²) in [4.78, 5) is 52.1. The second-order valence-corrected chi connectivity index (χ2v) is 8.77. The van der Waals surface area contributed by atoms with Gasteiger partial charge in [0, 0.05) is 16.6 Å². The number of amides is 3. The number of anilines is 1. The highest BCUT2D eigenvalue weighted by atomic mass is 32.1. The summed E-state index contributed by atoms with van der Waals surface area (Å²) in [5.41, 5.74) is 0.310. The summed E-state index contributed by atoms with van der Waals surface area (Å²) in [5, 5.41) is 18.6. The zero-order chi connectivity index (χ0) is 27.5. The number of aliphatic hydroxyl groups is 1. The van der Waals surface area contributed by atoms with E-state index in [4.69, 9.17) is 4.74 Å². The van der Waals surface area contributed by atoms with Crippen LogP contribution in [0.15, 0.2) is 41.9 Å². The van der Waals surface area contributed by atoms with Gasteiger partial charge in [0.15, 0.2) is 0 Å². The first-order valence-electron chi connectivity index (χ1n) is 11.0. The highest BCUT2D eigenvalue weighted by Crippen LogP contribution is 2.25. The van der Waals surface area contributed by atoms with Gasteiger partial charge >= 0.3 is 12.1 Å². The number of rotatable bonds is 8. The lowest BCUT2D eigenvalue weighted by Crippen LogP contribution is -2.49. The predicted molar refractivity (Wildman–Crippen MR) is 136 cm³/mol. The molecule has 1 aromatic heterocycles. The fraction of sp³-hybridized carbons (Fsp3) is 0.375. The molecule has 11 nitrogen and oxygen atoms in total. The Bertz CT molecular complexity index is 1070. The molecule has 0 saturated carbocycles. The lowest BCUT2D eigenvalue weighted by molar-refractivity contribution is -0.138. The van der Waals surface area contributed by atoms with Crippen LogP contribution in [0.4, 0.5) is 10.5 Å². The minimum atomic E-state index is -1.34. The Morgan fingerprint density at radius 1 is 1.14 bits per heavy atom. The summed E-state index contributed by atoms with van der Waals surface area (Å²) in [6.07, 6.45) is -0.578. The van der Waals surface area contributed by atoms with Gasteiger partial charge in [0.05, 0.1) is 13.7 Å². The zero-order valence-corrected chi connectivity index (χ0v) is 21.9. The number of carbonyl (C=O) groups excluding carboxylic acids is 4. The Labute approximate surface area is 213 Å². The van der Waals surface area contributed by atoms with E-state index >= 15 is 0 Å². The summed E-state index contributed by atoms with van der Waals surface area (Å²) in [7, 11) is 1.12. The largest absolute Gasteiger partial charge is 0.464 e. The number of aromatic nitrogens is 1. The smallest absolute Gasteiger partial charge is 0.412 e. The molecule has 0 fully saturated rings. The summed E-state index contributed by atoms with van der Waals surface area (Å²) in [6, 6.07) is 5.43. The van der Waals surface area contributed by atoms with Gasteiger partial charge in [-0.1, -0.05) is 20.4 Å². The van der Waals surface area contributed by atoms with Gasteiger partial charge in [-0.05, 0) is 45.0 Å². The molecule has 2 rings (SSSR count). The normalized spacial score (nSPS) is 11.2. The van der Waals surface area contributed by atoms with Crippen molar-refractivity contribution >= 4 is 40.9 Å². The van der Waals surface area contributed by atoms with Crippen LogP contribution in [0, 0.1) is 0 Å². The van der Waals surface area contributed by atoms with Gasteiger partial charge in [-0.3, -0.25) is 14.9 Å². The monoisotopic (exact) mass is 520 g/mol. The van der Waals surface area contributed by atoms with E-state index in [2.05, 4.69) is 32.3 Å². The second-order valence-electron chi connectivity index (χ2n) is 7.91. The number of nitrogens with one attached hydrogen (secondary N) is 3. The third kappa shape index (κ3) is 9.47. The van der Waals surface area contributed by atoms with E-state index < -0.39 is 42.1 Å². The van der Waals surface area contributed by atoms with Crippen LogP contribution in [0.1, 0.15) is 45.1 Å². The molecule has 1 unspecified atom stereocenters. The molecule has 0 aliphatic rings. The number of aliphatic hydroxyl groups excluding tert-OH is 1. The molecule has 36 heavy (non-hydrogen) atoms. The van der Waals surface area contributed by atoms with Crippen LogP contribution >= 0.6 is 11.3 Å². The standard InChI is InChI=1S/C22H26N4O7S.C2H6/c1-12(20(30)32-5)23-17(28)15(10-27)25-18(29)16-11-34-19(26-16)13-6-8-14(9-7-13)24-21(31)33-22(2,3)4;1-2/h6-9,11,15,27H,1,10H2,2-5H3,(H,23,28)(H,24,31)(H,25,29);1-2H3. The molecule has 0 saturated heterocycles. The zero-order valence-electron chi connectivity index (χ0n) is 21.1. The molecule has 4 N–H and O–H groups in total. The molecule has 1 heterocycles. The van der Waals surface area contributed by atoms with Crippen LogP contribution in [-0.4, -0.2) is 59.3 Å². The Hall–Kier alpha value is -3.77. The lowest BCUT2D eigenvalue weighted by atomic mass is 10.2.